The Bertz CT molecular complexity index is 1080. The van der Waals surface area contributed by atoms with Crippen LogP contribution in [0.2, 0.25) is 0 Å². The fourth-order valence-electron chi connectivity index (χ4n) is 7.04. The van der Waals surface area contributed by atoms with Crippen LogP contribution in [0.15, 0.2) is 12.1 Å². The number of carbonyl (C=O) groups excluding carboxylic acids is 3. The number of fused-ring (bicyclic) bond motifs is 1. The summed E-state index contributed by atoms with van der Waals surface area (Å²) < 4.78 is 12.1. The van der Waals surface area contributed by atoms with Crippen LogP contribution in [0.3, 0.4) is 0 Å². The third-order valence-corrected chi connectivity index (χ3v) is 9.57. The third kappa shape index (κ3) is 2.76. The molecule has 34 heavy (non-hydrogen) atoms. The summed E-state index contributed by atoms with van der Waals surface area (Å²) in [6, 6.07) is 3.18. The molecule has 6 rings (SSSR count). The summed E-state index contributed by atoms with van der Waals surface area (Å²) in [4.78, 5) is 40.9. The predicted molar refractivity (Wildman–Crippen MR) is 123 cm³/mol. The van der Waals surface area contributed by atoms with Crippen molar-refractivity contribution in [1.82, 2.24) is 4.90 Å². The summed E-state index contributed by atoms with van der Waals surface area (Å²) in [5.74, 6) is 0.529. The second kappa shape index (κ2) is 7.54. The molecule has 2 heterocycles. The lowest BCUT2D eigenvalue weighted by Crippen LogP contribution is -2.74. The molecule has 0 radical (unpaired) electrons. The van der Waals surface area contributed by atoms with Crippen molar-refractivity contribution in [2.24, 2.45) is 11.8 Å². The molecular formula is C27H33NO6. The first-order valence-corrected chi connectivity index (χ1v) is 12.9. The molecule has 1 saturated heterocycles. The van der Waals surface area contributed by atoms with E-state index in [1.54, 1.807) is 6.07 Å². The number of aryl methyl sites for hydroxylation is 1. The van der Waals surface area contributed by atoms with Crippen LogP contribution < -0.4 is 9.47 Å². The predicted octanol–water partition coefficient (Wildman–Crippen LogP) is 3.21. The van der Waals surface area contributed by atoms with Gasteiger partial charge in [0.15, 0.2) is 23.4 Å². The molecule has 7 heteroatoms. The zero-order valence-electron chi connectivity index (χ0n) is 20.0. The van der Waals surface area contributed by atoms with Crippen molar-refractivity contribution < 1.29 is 29.0 Å². The Morgan fingerprint density at radius 1 is 1.12 bits per heavy atom. The van der Waals surface area contributed by atoms with E-state index in [2.05, 4.69) is 0 Å². The van der Waals surface area contributed by atoms with Gasteiger partial charge in [0, 0.05) is 24.4 Å². The van der Waals surface area contributed by atoms with Gasteiger partial charge >= 0.3 is 5.97 Å². The fourth-order valence-corrected chi connectivity index (χ4v) is 7.04. The van der Waals surface area contributed by atoms with E-state index in [0.717, 1.165) is 49.7 Å². The lowest BCUT2D eigenvalue weighted by molar-refractivity contribution is -0.188. The van der Waals surface area contributed by atoms with Gasteiger partial charge in [0.2, 0.25) is 5.91 Å². The second-order valence-electron chi connectivity index (χ2n) is 11.1. The van der Waals surface area contributed by atoms with Crippen LogP contribution >= 0.6 is 0 Å². The minimum absolute atomic E-state index is 0.0393. The van der Waals surface area contributed by atoms with Gasteiger partial charge in [-0.3, -0.25) is 14.4 Å². The van der Waals surface area contributed by atoms with Crippen molar-refractivity contribution in [3.8, 4) is 11.5 Å². The Kier molecular flexibility index (Phi) is 4.90. The third-order valence-electron chi connectivity index (χ3n) is 9.57. The van der Waals surface area contributed by atoms with Crippen molar-refractivity contribution in [2.45, 2.75) is 94.8 Å². The number of ether oxygens (including phenoxy) is 2. The number of piperidine rings is 1. The van der Waals surface area contributed by atoms with Crippen LogP contribution in [0.1, 0.15) is 75.8 Å². The highest BCUT2D eigenvalue weighted by Gasteiger charge is 2.71. The Balaban J connectivity index is 1.43. The van der Waals surface area contributed by atoms with Gasteiger partial charge in [-0.1, -0.05) is 18.9 Å². The van der Waals surface area contributed by atoms with Crippen molar-refractivity contribution >= 4 is 17.7 Å². The van der Waals surface area contributed by atoms with E-state index in [-0.39, 0.29) is 42.3 Å². The molecule has 3 aliphatic carbocycles. The highest BCUT2D eigenvalue weighted by atomic mass is 16.6. The molecule has 2 aliphatic heterocycles. The molecule has 182 valence electrons. The summed E-state index contributed by atoms with van der Waals surface area (Å²) in [6.45, 7) is 4.34. The van der Waals surface area contributed by atoms with Gasteiger partial charge in [-0.25, -0.2) is 0 Å². The number of hydrogen-bond donors (Lipinski definition) is 1. The minimum atomic E-state index is -1.31. The normalized spacial score (nSPS) is 34.8. The summed E-state index contributed by atoms with van der Waals surface area (Å²) in [5.41, 5.74) is -0.596. The number of ketones is 1. The number of Topliss-reactive ketones (excluding diaryl/α,β-unsaturated/α-hetero) is 1. The summed E-state index contributed by atoms with van der Waals surface area (Å²) in [5, 5.41) is 12.4. The number of carbonyl (C=O) groups is 3. The quantitative estimate of drug-likeness (QED) is 0.542. The monoisotopic (exact) mass is 467 g/mol. The summed E-state index contributed by atoms with van der Waals surface area (Å²) in [6.07, 6.45) is 5.68. The average molecular weight is 468 g/mol. The molecule has 3 saturated carbocycles. The topological polar surface area (TPSA) is 93.1 Å². The van der Waals surface area contributed by atoms with Crippen molar-refractivity contribution in [2.75, 3.05) is 6.54 Å². The molecule has 7 nitrogen and oxygen atoms in total. The highest BCUT2D eigenvalue weighted by molar-refractivity contribution is 5.90. The maximum absolute atomic E-state index is 13.2. The Labute approximate surface area is 199 Å². The molecule has 1 amide bonds. The Morgan fingerprint density at radius 2 is 1.82 bits per heavy atom. The smallest absolute Gasteiger partial charge is 0.314 e. The highest BCUT2D eigenvalue weighted by Crippen LogP contribution is 2.62. The molecule has 1 aromatic rings. The van der Waals surface area contributed by atoms with E-state index in [1.807, 2.05) is 24.8 Å². The first kappa shape index (κ1) is 22.1. The van der Waals surface area contributed by atoms with Gasteiger partial charge in [0.25, 0.3) is 0 Å². The molecule has 0 bridgehead atoms. The molecule has 4 fully saturated rings. The number of likely N-dealkylation sites (tertiary alicyclic amines) is 1. The van der Waals surface area contributed by atoms with Gasteiger partial charge in [0.1, 0.15) is 0 Å². The van der Waals surface area contributed by atoms with E-state index in [1.165, 1.54) is 0 Å². The van der Waals surface area contributed by atoms with Crippen molar-refractivity contribution in [3.63, 3.8) is 0 Å². The summed E-state index contributed by atoms with van der Waals surface area (Å²) in [7, 11) is 0. The molecule has 0 aromatic heterocycles. The maximum Gasteiger partial charge on any atom is 0.314 e. The van der Waals surface area contributed by atoms with Gasteiger partial charge in [-0.15, -0.1) is 0 Å². The zero-order valence-corrected chi connectivity index (χ0v) is 20.0. The van der Waals surface area contributed by atoms with Gasteiger partial charge in [0.05, 0.1) is 23.0 Å². The first-order valence-electron chi connectivity index (χ1n) is 12.9. The van der Waals surface area contributed by atoms with Crippen LogP contribution in [-0.2, 0) is 19.8 Å². The fraction of sp³-hybridized carbons (Fsp3) is 0.667. The van der Waals surface area contributed by atoms with E-state index in [0.29, 0.717) is 24.5 Å². The Morgan fingerprint density at radius 3 is 2.47 bits per heavy atom. The minimum Gasteiger partial charge on any atom is -0.477 e. The van der Waals surface area contributed by atoms with Crippen molar-refractivity contribution in [1.29, 1.82) is 0 Å². The van der Waals surface area contributed by atoms with Gasteiger partial charge < -0.3 is 19.5 Å². The largest absolute Gasteiger partial charge is 0.477 e. The Hall–Kier alpha value is -2.41. The molecule has 1 N–H and O–H groups in total. The standard InChI is InChI=1S/C27H33NO6/c1-15-9-10-20(33-25(31)18-7-4-8-18)22-21(15)26-13-14-28(24(30)17-5-3-6-17)16(2)27(26,32)12-11-19(29)23(26)34-22/h9-10,16-18,23,32H,3-8,11-14H2,1-2H3/t16?,23-,26-,27?/m0/s1. The van der Waals surface area contributed by atoms with Crippen LogP contribution in [-0.4, -0.2) is 52.0 Å². The number of benzene rings is 1. The average Bonchev–Trinajstić information content (AvgIpc) is 3.08. The second-order valence-corrected chi connectivity index (χ2v) is 11.1. The van der Waals surface area contributed by atoms with Crippen LogP contribution in [0.25, 0.3) is 0 Å². The first-order chi connectivity index (χ1) is 16.3. The number of hydrogen-bond acceptors (Lipinski definition) is 6. The number of esters is 1. The molecule has 4 atom stereocenters. The van der Waals surface area contributed by atoms with E-state index in [9.17, 15) is 19.5 Å². The van der Waals surface area contributed by atoms with Crippen LogP contribution in [0.4, 0.5) is 0 Å². The molecule has 1 spiro atoms. The lowest BCUT2D eigenvalue weighted by Gasteiger charge is -2.59. The zero-order chi connectivity index (χ0) is 23.8. The van der Waals surface area contributed by atoms with Gasteiger partial charge in [-0.2, -0.15) is 0 Å². The van der Waals surface area contributed by atoms with E-state index >= 15 is 0 Å². The van der Waals surface area contributed by atoms with Crippen LogP contribution in [0.5, 0.6) is 11.5 Å². The number of nitrogens with zero attached hydrogens (tertiary/aromatic N) is 1. The van der Waals surface area contributed by atoms with E-state index in [4.69, 9.17) is 9.47 Å². The van der Waals surface area contributed by atoms with E-state index < -0.39 is 23.2 Å². The number of rotatable bonds is 3. The number of aliphatic hydroxyl groups is 1. The lowest BCUT2D eigenvalue weighted by atomic mass is 9.52. The summed E-state index contributed by atoms with van der Waals surface area (Å²) >= 11 is 0. The molecule has 2 unspecified atom stereocenters. The molecule has 1 aromatic carbocycles. The maximum atomic E-state index is 13.2. The van der Waals surface area contributed by atoms with Gasteiger partial charge in [-0.05, 0) is 64.0 Å². The molecule has 5 aliphatic rings. The SMILES string of the molecule is Cc1ccc(OC(=O)C2CCC2)c2c1[C@]13CCN(C(=O)C4CCC4)C(C)C1(O)CCC(=O)[C@@H]3O2. The number of amides is 1. The van der Waals surface area contributed by atoms with Crippen LogP contribution in [0, 0.1) is 18.8 Å². The molecular weight excluding hydrogens is 434 g/mol. The van der Waals surface area contributed by atoms with Crippen molar-refractivity contribution in [3.05, 3.63) is 23.3 Å².